The van der Waals surface area contributed by atoms with Crippen molar-refractivity contribution >= 4 is 20.2 Å². The Morgan fingerprint density at radius 1 is 1.16 bits per heavy atom. The highest BCUT2D eigenvalue weighted by Crippen LogP contribution is 2.72. The predicted octanol–water partition coefficient (Wildman–Crippen LogP) is 6.64. The predicted molar refractivity (Wildman–Crippen MR) is 171 cm³/mol. The van der Waals surface area contributed by atoms with Crippen LogP contribution in [0.1, 0.15) is 93.9 Å². The molecule has 5 aliphatic rings. The molecule has 5 aliphatic carbocycles. The molecule has 0 heterocycles. The number of nitrogens with zero attached hydrogens (tertiary/aromatic N) is 1. The van der Waals surface area contributed by atoms with Crippen LogP contribution in [0.2, 0.25) is 17.6 Å². The van der Waals surface area contributed by atoms with Crippen LogP contribution in [0, 0.1) is 34.5 Å². The molecule has 0 unspecified atom stereocenters. The van der Waals surface area contributed by atoms with E-state index in [0.29, 0.717) is 17.0 Å². The van der Waals surface area contributed by atoms with Gasteiger partial charge in [0.1, 0.15) is 18.3 Å². The third-order valence-corrected chi connectivity index (χ3v) is 18.3. The van der Waals surface area contributed by atoms with Crippen molar-refractivity contribution in [3.05, 3.63) is 23.3 Å². The number of ketones is 1. The van der Waals surface area contributed by atoms with E-state index in [0.717, 1.165) is 49.8 Å². The summed E-state index contributed by atoms with van der Waals surface area (Å²) in [5.41, 5.74) is -1.65. The lowest BCUT2D eigenvalue weighted by Gasteiger charge is -2.51. The van der Waals surface area contributed by atoms with Crippen LogP contribution < -0.4 is 0 Å². The summed E-state index contributed by atoms with van der Waals surface area (Å²) in [6.45, 7) is 17.0. The molecule has 0 aliphatic heterocycles. The van der Waals surface area contributed by atoms with E-state index >= 15 is 0 Å². The van der Waals surface area contributed by atoms with Gasteiger partial charge in [0.2, 0.25) is 0 Å². The summed E-state index contributed by atoms with van der Waals surface area (Å²) >= 11 is 0. The van der Waals surface area contributed by atoms with Gasteiger partial charge in [0, 0.05) is 19.0 Å². The van der Waals surface area contributed by atoms with E-state index < -0.39 is 43.6 Å². The Labute approximate surface area is 260 Å². The van der Waals surface area contributed by atoms with Gasteiger partial charge >= 0.3 is 6.09 Å². The van der Waals surface area contributed by atoms with Gasteiger partial charge < -0.3 is 24.3 Å². The van der Waals surface area contributed by atoms with E-state index in [9.17, 15) is 19.8 Å². The SMILES string of the molecule is CC[Si](CC)(O[C@H]1C(C)=C[C@]23C(=O)[C@@H](C=C(COC(=O)N(C)C4CCCCC4)[C@@H](O)[C@]12O)[C@H]1[C@@H](C[C@H]3C)C1(C)C)C(C)C. The van der Waals surface area contributed by atoms with E-state index in [2.05, 4.69) is 48.5 Å². The fourth-order valence-corrected chi connectivity index (χ4v) is 13.6. The van der Waals surface area contributed by atoms with Crippen molar-refractivity contribution in [3.63, 3.8) is 0 Å². The van der Waals surface area contributed by atoms with Crippen LogP contribution in [0.3, 0.4) is 0 Å². The minimum Gasteiger partial charge on any atom is -0.445 e. The zero-order valence-corrected chi connectivity index (χ0v) is 29.1. The molecule has 7 nitrogen and oxygen atoms in total. The number of aliphatic hydroxyl groups excluding tert-OH is 1. The van der Waals surface area contributed by atoms with Crippen LogP contribution in [0.4, 0.5) is 4.79 Å². The summed E-state index contributed by atoms with van der Waals surface area (Å²) in [6.07, 6.45) is 7.33. The lowest BCUT2D eigenvalue weighted by molar-refractivity contribution is -0.187. The molecule has 0 radical (unpaired) electrons. The first-order chi connectivity index (χ1) is 20.1. The molecule has 2 N–H and O–H groups in total. The van der Waals surface area contributed by atoms with Gasteiger partial charge in [0.05, 0.1) is 11.5 Å². The largest absolute Gasteiger partial charge is 0.445 e. The van der Waals surface area contributed by atoms with Gasteiger partial charge in [0.25, 0.3) is 0 Å². The van der Waals surface area contributed by atoms with Gasteiger partial charge in [-0.15, -0.1) is 0 Å². The number of hydrogen-bond acceptors (Lipinski definition) is 6. The second-order valence-corrected chi connectivity index (χ2v) is 20.5. The number of carbonyl (C=O) groups excluding carboxylic acids is 2. The fourth-order valence-electron chi connectivity index (χ4n) is 10.0. The molecule has 2 bridgehead atoms. The summed E-state index contributed by atoms with van der Waals surface area (Å²) in [7, 11) is -0.564. The Hall–Kier alpha value is -1.48. The summed E-state index contributed by atoms with van der Waals surface area (Å²) < 4.78 is 13.0. The molecule has 1 amide bonds. The molecule has 0 aromatic carbocycles. The summed E-state index contributed by atoms with van der Waals surface area (Å²) in [5.74, 6) is -0.206. The van der Waals surface area contributed by atoms with Gasteiger partial charge in [-0.25, -0.2) is 4.79 Å². The third-order valence-electron chi connectivity index (χ3n) is 13.1. The number of carbonyl (C=O) groups is 2. The average Bonchev–Trinajstić information content (AvgIpc) is 3.47. The van der Waals surface area contributed by atoms with Crippen LogP contribution in [0.25, 0.3) is 0 Å². The second kappa shape index (κ2) is 11.4. The molecule has 0 aromatic heterocycles. The Morgan fingerprint density at radius 2 is 1.79 bits per heavy atom. The van der Waals surface area contributed by atoms with Crippen LogP contribution in [-0.2, 0) is 14.0 Å². The number of Topliss-reactive ketones (excluding diaryl/α,β-unsaturated/α-hetero) is 1. The number of allylic oxidation sites excluding steroid dienone is 1. The molecule has 242 valence electrons. The average molecular weight is 616 g/mol. The Balaban J connectivity index is 1.56. The fraction of sp³-hybridized carbons (Fsp3) is 0.829. The quantitative estimate of drug-likeness (QED) is 0.235. The first kappa shape index (κ1) is 32.9. The maximum Gasteiger partial charge on any atom is 0.410 e. The topological polar surface area (TPSA) is 96.3 Å². The Kier molecular flexibility index (Phi) is 8.72. The smallest absolute Gasteiger partial charge is 0.410 e. The van der Waals surface area contributed by atoms with E-state index in [1.807, 2.05) is 19.1 Å². The standard InChI is InChI=1S/C35H57NO6Si/c1-10-43(11-2,21(3)4)42-31-22(5)19-34-23(6)17-27-28(33(27,7)8)26(30(34)38)18-24(29(37)35(31,34)40)20-41-32(39)36(9)25-15-13-12-14-16-25/h18-19,21,23,25-29,31,37,40H,10-17,20H2,1-9H3/t23-,26+,27-,28+,29-,31+,34+,35+/m1/s1. The lowest BCUT2D eigenvalue weighted by atomic mass is 9.59. The minimum absolute atomic E-state index is 0.0134. The number of rotatable bonds is 8. The van der Waals surface area contributed by atoms with E-state index in [-0.39, 0.29) is 35.7 Å². The second-order valence-electron chi connectivity index (χ2n) is 15.6. The third kappa shape index (κ3) is 4.75. The van der Waals surface area contributed by atoms with Crippen LogP contribution in [-0.4, -0.2) is 72.8 Å². The van der Waals surface area contributed by atoms with Crippen molar-refractivity contribution in [2.24, 2.45) is 34.5 Å². The van der Waals surface area contributed by atoms with E-state index in [1.54, 1.807) is 11.9 Å². The molecule has 0 saturated heterocycles. The Bertz CT molecular complexity index is 1170. The normalized spacial score (nSPS) is 38.8. The van der Waals surface area contributed by atoms with Gasteiger partial charge in [-0.3, -0.25) is 4.79 Å². The lowest BCUT2D eigenvalue weighted by Crippen LogP contribution is -2.67. The maximum absolute atomic E-state index is 14.9. The molecule has 5 rings (SSSR count). The maximum atomic E-state index is 14.9. The molecular weight excluding hydrogens is 558 g/mol. The first-order valence-electron chi connectivity index (χ1n) is 17.1. The molecule has 1 spiro atoms. The number of aliphatic hydroxyl groups is 2. The minimum atomic E-state index is -2.35. The van der Waals surface area contributed by atoms with Crippen molar-refractivity contribution in [2.45, 2.75) is 135 Å². The first-order valence-corrected chi connectivity index (χ1v) is 19.5. The van der Waals surface area contributed by atoms with Crippen molar-refractivity contribution in [1.82, 2.24) is 4.90 Å². The summed E-state index contributed by atoms with van der Waals surface area (Å²) in [6, 6.07) is 1.90. The summed E-state index contributed by atoms with van der Waals surface area (Å²) in [4.78, 5) is 29.9. The van der Waals surface area contributed by atoms with E-state index in [4.69, 9.17) is 9.16 Å². The zero-order valence-electron chi connectivity index (χ0n) is 28.1. The van der Waals surface area contributed by atoms with Crippen LogP contribution in [0.5, 0.6) is 0 Å². The van der Waals surface area contributed by atoms with Crippen molar-refractivity contribution in [2.75, 3.05) is 13.7 Å². The highest BCUT2D eigenvalue weighted by molar-refractivity contribution is 6.75. The Morgan fingerprint density at radius 3 is 2.37 bits per heavy atom. The molecule has 0 aromatic rings. The van der Waals surface area contributed by atoms with Crippen LogP contribution in [0.15, 0.2) is 23.3 Å². The van der Waals surface area contributed by atoms with Crippen molar-refractivity contribution in [1.29, 1.82) is 0 Å². The highest BCUT2D eigenvalue weighted by Gasteiger charge is 2.76. The van der Waals surface area contributed by atoms with E-state index in [1.165, 1.54) is 6.42 Å². The molecule has 8 atom stereocenters. The number of ether oxygens (including phenoxy) is 1. The van der Waals surface area contributed by atoms with Crippen LogP contribution >= 0.6 is 0 Å². The summed E-state index contributed by atoms with van der Waals surface area (Å²) in [5, 5.41) is 25.5. The molecule has 8 heteroatoms. The zero-order chi connectivity index (χ0) is 31.7. The van der Waals surface area contributed by atoms with Crippen molar-refractivity contribution in [3.8, 4) is 0 Å². The monoisotopic (exact) mass is 615 g/mol. The number of fused-ring (bicyclic) bond motifs is 3. The molecule has 43 heavy (non-hydrogen) atoms. The number of hydrogen-bond donors (Lipinski definition) is 2. The molecule has 3 saturated carbocycles. The highest BCUT2D eigenvalue weighted by atomic mass is 28.4. The van der Waals surface area contributed by atoms with Crippen molar-refractivity contribution < 1.29 is 29.0 Å². The van der Waals surface area contributed by atoms with Gasteiger partial charge in [-0.05, 0) is 78.1 Å². The van der Waals surface area contributed by atoms with Gasteiger partial charge in [-0.1, -0.05) is 79.9 Å². The van der Waals surface area contributed by atoms with Gasteiger partial charge in [0.15, 0.2) is 14.1 Å². The number of amides is 1. The van der Waals surface area contributed by atoms with Gasteiger partial charge in [-0.2, -0.15) is 0 Å². The molecule has 3 fully saturated rings. The molecular formula is C35H57NO6Si.